The molecule has 17 heavy (non-hydrogen) atoms. The molecule has 1 rings (SSSR count). The van der Waals surface area contributed by atoms with Gasteiger partial charge in [0.1, 0.15) is 6.04 Å². The van der Waals surface area contributed by atoms with Crippen molar-refractivity contribution in [3.05, 3.63) is 27.7 Å². The van der Waals surface area contributed by atoms with Crippen molar-refractivity contribution in [3.63, 3.8) is 0 Å². The quantitative estimate of drug-likeness (QED) is 0.801. The average Bonchev–Trinajstić information content (AvgIpc) is 2.24. The number of amides is 2. The van der Waals surface area contributed by atoms with E-state index >= 15 is 0 Å². The van der Waals surface area contributed by atoms with E-state index in [0.29, 0.717) is 15.2 Å². The fourth-order valence-corrected chi connectivity index (χ4v) is 1.56. The molecule has 0 saturated carbocycles. The van der Waals surface area contributed by atoms with Crippen molar-refractivity contribution in [2.75, 3.05) is 5.32 Å². The molecule has 0 fully saturated rings. The van der Waals surface area contributed by atoms with E-state index < -0.39 is 18.0 Å². The highest BCUT2D eigenvalue weighted by atomic mass is 79.9. The first-order chi connectivity index (χ1) is 7.91. The zero-order valence-electron chi connectivity index (χ0n) is 8.83. The van der Waals surface area contributed by atoms with Gasteiger partial charge in [-0.25, -0.2) is 4.79 Å². The van der Waals surface area contributed by atoms with Crippen LogP contribution in [0, 0.1) is 0 Å². The second kappa shape index (κ2) is 5.88. The molecule has 0 bridgehead atoms. The average molecular weight is 322 g/mol. The standard InChI is InChI=1S/C10H10BrClN2O3/c1-5(9(15)16)13-10(17)14-7-4-2-3-6(12)8(7)11/h2-5H,1H3,(H,15,16)(H2,13,14,17)/t5-/m0/s1. The van der Waals surface area contributed by atoms with Crippen molar-refractivity contribution in [1.82, 2.24) is 5.32 Å². The molecule has 0 aromatic heterocycles. The number of hydrogen-bond acceptors (Lipinski definition) is 2. The zero-order valence-corrected chi connectivity index (χ0v) is 11.2. The molecule has 7 heteroatoms. The van der Waals surface area contributed by atoms with E-state index in [1.807, 2.05) is 0 Å². The minimum Gasteiger partial charge on any atom is -0.480 e. The summed E-state index contributed by atoms with van der Waals surface area (Å²) in [6, 6.07) is 3.40. The highest BCUT2D eigenvalue weighted by Gasteiger charge is 2.14. The van der Waals surface area contributed by atoms with Crippen molar-refractivity contribution in [2.24, 2.45) is 0 Å². The summed E-state index contributed by atoms with van der Waals surface area (Å²) in [6.07, 6.45) is 0. The van der Waals surface area contributed by atoms with Crippen LogP contribution in [0.25, 0.3) is 0 Å². The molecule has 1 aromatic carbocycles. The third-order valence-electron chi connectivity index (χ3n) is 1.92. The Hall–Kier alpha value is -1.27. The number of aliphatic carboxylic acids is 1. The molecule has 0 aliphatic rings. The van der Waals surface area contributed by atoms with Crippen molar-refractivity contribution in [1.29, 1.82) is 0 Å². The second-order valence-electron chi connectivity index (χ2n) is 3.26. The van der Waals surface area contributed by atoms with Crippen LogP contribution in [0.3, 0.4) is 0 Å². The third kappa shape index (κ3) is 3.90. The molecule has 0 aliphatic heterocycles. The van der Waals surface area contributed by atoms with Crippen LogP contribution in [0.15, 0.2) is 22.7 Å². The first-order valence-corrected chi connectivity index (χ1v) is 5.83. The summed E-state index contributed by atoms with van der Waals surface area (Å²) in [6.45, 7) is 1.37. The Bertz CT molecular complexity index is 453. The number of anilines is 1. The third-order valence-corrected chi connectivity index (χ3v) is 3.32. The van der Waals surface area contributed by atoms with Gasteiger partial charge in [0, 0.05) is 0 Å². The van der Waals surface area contributed by atoms with Gasteiger partial charge in [-0.05, 0) is 35.0 Å². The van der Waals surface area contributed by atoms with Crippen molar-refractivity contribution < 1.29 is 14.7 Å². The lowest BCUT2D eigenvalue weighted by molar-refractivity contribution is -0.138. The van der Waals surface area contributed by atoms with Gasteiger partial charge < -0.3 is 15.7 Å². The molecule has 0 aliphatic carbocycles. The predicted molar refractivity (Wildman–Crippen MR) is 68.4 cm³/mol. The lowest BCUT2D eigenvalue weighted by atomic mass is 10.3. The van der Waals surface area contributed by atoms with Crippen molar-refractivity contribution in [3.8, 4) is 0 Å². The van der Waals surface area contributed by atoms with Crippen molar-refractivity contribution >= 4 is 45.2 Å². The van der Waals surface area contributed by atoms with Gasteiger partial charge in [-0.2, -0.15) is 0 Å². The largest absolute Gasteiger partial charge is 0.480 e. The number of benzene rings is 1. The number of carboxylic acid groups (broad SMARTS) is 1. The molecule has 1 atom stereocenters. The summed E-state index contributed by atoms with van der Waals surface area (Å²) < 4.78 is 0.541. The first kappa shape index (κ1) is 13.8. The summed E-state index contributed by atoms with van der Waals surface area (Å²) in [4.78, 5) is 22.0. The molecular weight excluding hydrogens is 311 g/mol. The van der Waals surface area contributed by atoms with E-state index in [2.05, 4.69) is 26.6 Å². The Morgan fingerprint density at radius 2 is 2.12 bits per heavy atom. The van der Waals surface area contributed by atoms with Crippen LogP contribution in [0.1, 0.15) is 6.92 Å². The molecule has 0 radical (unpaired) electrons. The zero-order chi connectivity index (χ0) is 13.0. The Morgan fingerprint density at radius 3 is 2.71 bits per heavy atom. The minimum atomic E-state index is -1.11. The maximum atomic E-state index is 11.4. The van der Waals surface area contributed by atoms with Gasteiger partial charge in [-0.3, -0.25) is 4.79 Å². The van der Waals surface area contributed by atoms with E-state index in [1.165, 1.54) is 6.92 Å². The highest BCUT2D eigenvalue weighted by molar-refractivity contribution is 9.10. The number of carbonyl (C=O) groups is 2. The topological polar surface area (TPSA) is 78.4 Å². The monoisotopic (exact) mass is 320 g/mol. The smallest absolute Gasteiger partial charge is 0.325 e. The summed E-state index contributed by atoms with van der Waals surface area (Å²) in [5, 5.41) is 13.8. The van der Waals surface area contributed by atoms with Crippen LogP contribution >= 0.6 is 27.5 Å². The maximum absolute atomic E-state index is 11.4. The normalized spacial score (nSPS) is 11.7. The molecule has 0 unspecified atom stereocenters. The Kier molecular flexibility index (Phi) is 4.77. The summed E-state index contributed by atoms with van der Waals surface area (Å²) in [5.41, 5.74) is 0.465. The van der Waals surface area contributed by atoms with E-state index in [9.17, 15) is 9.59 Å². The number of nitrogens with one attached hydrogen (secondary N) is 2. The molecule has 0 spiro atoms. The Morgan fingerprint density at radius 1 is 1.47 bits per heavy atom. The fourth-order valence-electron chi connectivity index (χ4n) is 1.02. The Labute approximate surface area is 111 Å². The van der Waals surface area contributed by atoms with Gasteiger partial charge in [0.25, 0.3) is 0 Å². The number of hydrogen-bond donors (Lipinski definition) is 3. The maximum Gasteiger partial charge on any atom is 0.325 e. The van der Waals surface area contributed by atoms with Gasteiger partial charge in [0.05, 0.1) is 15.2 Å². The fraction of sp³-hybridized carbons (Fsp3) is 0.200. The van der Waals surface area contributed by atoms with Crippen LogP contribution in [0.4, 0.5) is 10.5 Å². The number of carbonyl (C=O) groups excluding carboxylic acids is 1. The summed E-state index contributed by atoms with van der Waals surface area (Å²) >= 11 is 9.05. The molecule has 0 saturated heterocycles. The van der Waals surface area contributed by atoms with E-state index in [4.69, 9.17) is 16.7 Å². The van der Waals surface area contributed by atoms with Crippen LogP contribution in [-0.4, -0.2) is 23.1 Å². The number of halogens is 2. The van der Waals surface area contributed by atoms with Gasteiger partial charge in [0.2, 0.25) is 0 Å². The van der Waals surface area contributed by atoms with Gasteiger partial charge >= 0.3 is 12.0 Å². The van der Waals surface area contributed by atoms with Crippen LogP contribution in [0.5, 0.6) is 0 Å². The molecule has 0 heterocycles. The summed E-state index contributed by atoms with van der Waals surface area (Å²) in [5.74, 6) is -1.11. The highest BCUT2D eigenvalue weighted by Crippen LogP contribution is 2.29. The van der Waals surface area contributed by atoms with E-state index in [1.54, 1.807) is 18.2 Å². The molecule has 2 amide bonds. The minimum absolute atomic E-state index is 0.453. The summed E-state index contributed by atoms with van der Waals surface area (Å²) in [7, 11) is 0. The van der Waals surface area contributed by atoms with Crippen molar-refractivity contribution in [2.45, 2.75) is 13.0 Å². The van der Waals surface area contributed by atoms with E-state index in [0.717, 1.165) is 0 Å². The lowest BCUT2D eigenvalue weighted by Gasteiger charge is -2.12. The molecule has 92 valence electrons. The number of carboxylic acids is 1. The predicted octanol–water partition coefficient (Wildman–Crippen LogP) is 2.70. The first-order valence-electron chi connectivity index (χ1n) is 4.66. The Balaban J connectivity index is 2.69. The number of urea groups is 1. The lowest BCUT2D eigenvalue weighted by Crippen LogP contribution is -2.40. The second-order valence-corrected chi connectivity index (χ2v) is 4.46. The van der Waals surface area contributed by atoms with Gasteiger partial charge in [-0.15, -0.1) is 0 Å². The molecule has 1 aromatic rings. The van der Waals surface area contributed by atoms with Crippen LogP contribution in [-0.2, 0) is 4.79 Å². The van der Waals surface area contributed by atoms with Crippen LogP contribution < -0.4 is 10.6 Å². The van der Waals surface area contributed by atoms with Gasteiger partial charge in [0.15, 0.2) is 0 Å². The van der Waals surface area contributed by atoms with Gasteiger partial charge in [-0.1, -0.05) is 17.7 Å². The molecular formula is C10H10BrClN2O3. The number of rotatable bonds is 3. The van der Waals surface area contributed by atoms with Crippen LogP contribution in [0.2, 0.25) is 5.02 Å². The molecule has 3 N–H and O–H groups in total. The molecule has 5 nitrogen and oxygen atoms in total. The van der Waals surface area contributed by atoms with E-state index in [-0.39, 0.29) is 0 Å². The SMILES string of the molecule is C[C@H](NC(=O)Nc1cccc(Cl)c1Br)C(=O)O.